The van der Waals surface area contributed by atoms with E-state index in [1.165, 1.54) is 6.07 Å². The van der Waals surface area contributed by atoms with E-state index in [2.05, 4.69) is 16.9 Å². The summed E-state index contributed by atoms with van der Waals surface area (Å²) in [5, 5.41) is 9.66. The van der Waals surface area contributed by atoms with Crippen molar-refractivity contribution in [3.8, 4) is 17.1 Å². The number of aryl methyl sites for hydroxylation is 1. The van der Waals surface area contributed by atoms with Crippen LogP contribution in [0.25, 0.3) is 11.4 Å². The quantitative estimate of drug-likeness (QED) is 0.893. The Kier molecular flexibility index (Phi) is 3.67. The zero-order chi connectivity index (χ0) is 13.1. The minimum atomic E-state index is 0.0399. The number of nitrogens with two attached hydrogens (primary N) is 1. The number of aromatic hydroxyl groups is 1. The number of aromatic nitrogens is 2. The highest BCUT2D eigenvalue weighted by molar-refractivity contribution is 6.32. The first-order chi connectivity index (χ1) is 8.60. The zero-order valence-electron chi connectivity index (χ0n) is 10.0. The molecule has 0 atom stereocenters. The lowest BCUT2D eigenvalue weighted by atomic mass is 10.2. The van der Waals surface area contributed by atoms with Gasteiger partial charge in [-0.1, -0.05) is 24.9 Å². The summed E-state index contributed by atoms with van der Waals surface area (Å²) in [7, 11) is 0. The Morgan fingerprint density at radius 2 is 2.06 bits per heavy atom. The van der Waals surface area contributed by atoms with Crippen LogP contribution in [0, 0.1) is 0 Å². The van der Waals surface area contributed by atoms with Crippen molar-refractivity contribution in [3.63, 3.8) is 0 Å². The summed E-state index contributed by atoms with van der Waals surface area (Å²) in [6.45, 7) is 2.08. The van der Waals surface area contributed by atoms with Crippen LogP contribution in [0.1, 0.15) is 19.0 Å². The van der Waals surface area contributed by atoms with E-state index in [4.69, 9.17) is 17.3 Å². The van der Waals surface area contributed by atoms with Gasteiger partial charge in [-0.3, -0.25) is 0 Å². The van der Waals surface area contributed by atoms with Gasteiger partial charge in [0.15, 0.2) is 5.82 Å². The van der Waals surface area contributed by atoms with Gasteiger partial charge in [0.1, 0.15) is 11.6 Å². The number of nitrogens with zero attached hydrogens (tertiary/aromatic N) is 2. The van der Waals surface area contributed by atoms with Crippen molar-refractivity contribution < 1.29 is 5.11 Å². The predicted octanol–water partition coefficient (Wildman–Crippen LogP) is 3.04. The second-order valence-electron chi connectivity index (χ2n) is 4.02. The highest BCUT2D eigenvalue weighted by Crippen LogP contribution is 2.28. The molecule has 0 radical (unpaired) electrons. The molecule has 0 aliphatic rings. The van der Waals surface area contributed by atoms with Crippen LogP contribution in [-0.4, -0.2) is 15.1 Å². The molecule has 0 aliphatic heterocycles. The number of anilines is 1. The lowest BCUT2D eigenvalue weighted by molar-refractivity contribution is 0.475. The highest BCUT2D eigenvalue weighted by atomic mass is 35.5. The Morgan fingerprint density at radius 3 is 2.72 bits per heavy atom. The van der Waals surface area contributed by atoms with E-state index in [9.17, 15) is 5.11 Å². The van der Waals surface area contributed by atoms with Crippen LogP contribution in [0.4, 0.5) is 5.82 Å². The van der Waals surface area contributed by atoms with Crippen LogP contribution in [0.3, 0.4) is 0 Å². The Morgan fingerprint density at radius 1 is 1.28 bits per heavy atom. The van der Waals surface area contributed by atoms with Gasteiger partial charge in [-0.2, -0.15) is 0 Å². The van der Waals surface area contributed by atoms with Crippen molar-refractivity contribution in [2.45, 2.75) is 19.8 Å². The summed E-state index contributed by atoms with van der Waals surface area (Å²) < 4.78 is 0. The first kappa shape index (κ1) is 12.6. The molecule has 1 heterocycles. The maximum Gasteiger partial charge on any atom is 0.161 e. The zero-order valence-corrected chi connectivity index (χ0v) is 10.8. The summed E-state index contributed by atoms with van der Waals surface area (Å²) >= 11 is 5.87. The van der Waals surface area contributed by atoms with Crippen molar-refractivity contribution in [2.75, 3.05) is 5.73 Å². The van der Waals surface area contributed by atoms with Gasteiger partial charge in [0.25, 0.3) is 0 Å². The van der Waals surface area contributed by atoms with E-state index in [0.717, 1.165) is 24.1 Å². The molecule has 1 aromatic heterocycles. The third-order valence-electron chi connectivity index (χ3n) is 2.51. The largest absolute Gasteiger partial charge is 0.506 e. The number of nitrogen functional groups attached to an aromatic ring is 1. The molecular weight excluding hydrogens is 250 g/mol. The second-order valence-corrected chi connectivity index (χ2v) is 4.43. The average Bonchev–Trinajstić information content (AvgIpc) is 2.32. The summed E-state index contributed by atoms with van der Waals surface area (Å²) in [6.07, 6.45) is 1.85. The topological polar surface area (TPSA) is 72.0 Å². The predicted molar refractivity (Wildman–Crippen MR) is 72.6 cm³/mol. The third kappa shape index (κ3) is 2.71. The van der Waals surface area contributed by atoms with Crippen molar-refractivity contribution in [2.24, 2.45) is 0 Å². The molecule has 0 unspecified atom stereocenters. The fraction of sp³-hybridized carbons (Fsp3) is 0.231. The molecule has 0 amide bonds. The third-order valence-corrected chi connectivity index (χ3v) is 2.81. The van der Waals surface area contributed by atoms with Gasteiger partial charge in [0.05, 0.1) is 5.02 Å². The molecule has 2 aromatic rings. The standard InChI is InChI=1S/C13H14ClN3O/c1-2-3-9-7-12(15)17-13(16-9)8-4-5-11(18)10(14)6-8/h4-7,18H,2-3H2,1H3,(H2,15,16,17). The van der Waals surface area contributed by atoms with E-state index in [-0.39, 0.29) is 10.8 Å². The van der Waals surface area contributed by atoms with Crippen molar-refractivity contribution in [1.29, 1.82) is 0 Å². The second kappa shape index (κ2) is 5.23. The summed E-state index contributed by atoms with van der Waals surface area (Å²) in [5.41, 5.74) is 7.41. The number of phenols is 1. The lowest BCUT2D eigenvalue weighted by Gasteiger charge is -2.06. The number of hydrogen-bond acceptors (Lipinski definition) is 4. The molecule has 0 fully saturated rings. The van der Waals surface area contributed by atoms with Gasteiger partial charge in [-0.15, -0.1) is 0 Å². The molecule has 1 aromatic carbocycles. The highest BCUT2D eigenvalue weighted by Gasteiger charge is 2.07. The van der Waals surface area contributed by atoms with Gasteiger partial charge < -0.3 is 10.8 Å². The molecule has 94 valence electrons. The van der Waals surface area contributed by atoms with Gasteiger partial charge >= 0.3 is 0 Å². The molecule has 0 bridgehead atoms. The minimum absolute atomic E-state index is 0.0399. The molecule has 0 saturated carbocycles. The van der Waals surface area contributed by atoms with Crippen molar-refractivity contribution in [1.82, 2.24) is 9.97 Å². The minimum Gasteiger partial charge on any atom is -0.506 e. The van der Waals surface area contributed by atoms with Crippen molar-refractivity contribution in [3.05, 3.63) is 35.0 Å². The Labute approximate surface area is 110 Å². The molecule has 0 spiro atoms. The summed E-state index contributed by atoms with van der Waals surface area (Å²) in [5.74, 6) is 1.01. The summed E-state index contributed by atoms with van der Waals surface area (Å²) in [4.78, 5) is 8.62. The van der Waals surface area contributed by atoms with Crippen LogP contribution in [-0.2, 0) is 6.42 Å². The molecule has 4 nitrogen and oxygen atoms in total. The molecule has 0 aliphatic carbocycles. The van der Waals surface area contributed by atoms with E-state index in [0.29, 0.717) is 11.6 Å². The van der Waals surface area contributed by atoms with Gasteiger partial charge in [0.2, 0.25) is 0 Å². The van der Waals surface area contributed by atoms with Crippen LogP contribution in [0.15, 0.2) is 24.3 Å². The first-order valence-electron chi connectivity index (χ1n) is 5.72. The molecule has 18 heavy (non-hydrogen) atoms. The smallest absolute Gasteiger partial charge is 0.161 e. The molecule has 0 saturated heterocycles. The first-order valence-corrected chi connectivity index (χ1v) is 6.10. The molecular formula is C13H14ClN3O. The SMILES string of the molecule is CCCc1cc(N)nc(-c2ccc(O)c(Cl)c2)n1. The molecule has 3 N–H and O–H groups in total. The Hall–Kier alpha value is -1.81. The lowest BCUT2D eigenvalue weighted by Crippen LogP contribution is -2.00. The number of benzene rings is 1. The van der Waals surface area contributed by atoms with Crippen LogP contribution in [0.5, 0.6) is 5.75 Å². The van der Waals surface area contributed by atoms with Crippen LogP contribution in [0.2, 0.25) is 5.02 Å². The fourth-order valence-corrected chi connectivity index (χ4v) is 1.86. The number of rotatable bonds is 3. The number of hydrogen-bond donors (Lipinski definition) is 2. The number of phenolic OH excluding ortho intramolecular Hbond substituents is 1. The van der Waals surface area contributed by atoms with Crippen molar-refractivity contribution >= 4 is 17.4 Å². The average molecular weight is 264 g/mol. The molecule has 2 rings (SSSR count). The maximum atomic E-state index is 9.39. The fourth-order valence-electron chi connectivity index (χ4n) is 1.68. The Balaban J connectivity index is 2.46. The van der Waals surface area contributed by atoms with E-state index >= 15 is 0 Å². The normalized spacial score (nSPS) is 10.6. The maximum absolute atomic E-state index is 9.39. The van der Waals surface area contributed by atoms with E-state index in [1.807, 2.05) is 0 Å². The van der Waals surface area contributed by atoms with E-state index < -0.39 is 0 Å². The van der Waals surface area contributed by atoms with E-state index in [1.54, 1.807) is 18.2 Å². The van der Waals surface area contributed by atoms with Crippen LogP contribution >= 0.6 is 11.6 Å². The molecule has 5 heteroatoms. The van der Waals surface area contributed by atoms with Gasteiger partial charge in [0, 0.05) is 17.3 Å². The number of halogens is 1. The summed E-state index contributed by atoms with van der Waals surface area (Å²) in [6, 6.07) is 6.63. The van der Waals surface area contributed by atoms with Crippen LogP contribution < -0.4 is 5.73 Å². The Bertz CT molecular complexity index is 572. The van der Waals surface area contributed by atoms with Gasteiger partial charge in [-0.25, -0.2) is 9.97 Å². The monoisotopic (exact) mass is 263 g/mol. The van der Waals surface area contributed by atoms with Gasteiger partial charge in [-0.05, 0) is 24.6 Å².